The summed E-state index contributed by atoms with van der Waals surface area (Å²) < 4.78 is 0. The van der Waals surface area contributed by atoms with Gasteiger partial charge in [-0.1, -0.05) is 0 Å². The van der Waals surface area contributed by atoms with Crippen molar-refractivity contribution in [3.8, 4) is 0 Å². The third-order valence-electron chi connectivity index (χ3n) is 1.44. The standard InChI is InChI=1S/C6H3NO2S/c8-7(9)5-3-6-4(5)1-2-10-6/h1-3H. The molecule has 0 aliphatic heterocycles. The van der Waals surface area contributed by atoms with Gasteiger partial charge in [-0.15, -0.1) is 11.3 Å². The van der Waals surface area contributed by atoms with Crippen LogP contribution in [0.4, 0.5) is 0 Å². The lowest BCUT2D eigenvalue weighted by Gasteiger charge is -2.04. The van der Waals surface area contributed by atoms with Gasteiger partial charge in [0.1, 0.15) is 0 Å². The summed E-state index contributed by atoms with van der Waals surface area (Å²) >= 11 is 1.53. The molecule has 0 radical (unpaired) electrons. The fourth-order valence-electron chi connectivity index (χ4n) is 0.920. The van der Waals surface area contributed by atoms with E-state index in [4.69, 9.17) is 0 Å². The van der Waals surface area contributed by atoms with Gasteiger partial charge in [0.15, 0.2) is 0 Å². The van der Waals surface area contributed by atoms with Gasteiger partial charge in [-0.2, -0.15) is 0 Å². The predicted octanol–water partition coefficient (Wildman–Crippen LogP) is 1.84. The molecular weight excluding hydrogens is 150 g/mol. The summed E-state index contributed by atoms with van der Waals surface area (Å²) in [6.45, 7) is 0. The number of nitro groups is 1. The highest BCUT2D eigenvalue weighted by Gasteiger charge is 2.27. The normalized spacial score (nSPS) is 13.4. The molecule has 0 amide bonds. The monoisotopic (exact) mass is 153 g/mol. The smallest absolute Gasteiger partial charge is 0.258 e. The zero-order chi connectivity index (χ0) is 7.14. The van der Waals surface area contributed by atoms with Crippen LogP contribution < -0.4 is 0 Å². The summed E-state index contributed by atoms with van der Waals surface area (Å²) in [5.41, 5.74) is 1.03. The van der Waals surface area contributed by atoms with E-state index in [2.05, 4.69) is 0 Å². The number of hydrogen-bond acceptors (Lipinski definition) is 3. The Morgan fingerprint density at radius 1 is 1.60 bits per heavy atom. The first-order valence-electron chi connectivity index (χ1n) is 2.73. The summed E-state index contributed by atoms with van der Waals surface area (Å²) in [6.07, 6.45) is 1.60. The van der Waals surface area contributed by atoms with E-state index in [1.807, 2.05) is 5.38 Å². The van der Waals surface area contributed by atoms with E-state index in [1.165, 1.54) is 11.3 Å². The topological polar surface area (TPSA) is 43.1 Å². The molecule has 0 bridgehead atoms. The van der Waals surface area contributed by atoms with Crippen molar-refractivity contribution in [2.24, 2.45) is 0 Å². The minimum Gasteiger partial charge on any atom is -0.258 e. The summed E-state index contributed by atoms with van der Waals surface area (Å²) in [7, 11) is 0. The first-order chi connectivity index (χ1) is 4.79. The van der Waals surface area contributed by atoms with Crippen molar-refractivity contribution in [2.75, 3.05) is 0 Å². The van der Waals surface area contributed by atoms with Crippen molar-refractivity contribution in [3.63, 3.8) is 0 Å². The van der Waals surface area contributed by atoms with E-state index in [9.17, 15) is 10.1 Å². The number of hydrogen-bond donors (Lipinski definition) is 0. The van der Waals surface area contributed by atoms with Crippen LogP contribution in [-0.4, -0.2) is 4.92 Å². The highest BCUT2D eigenvalue weighted by Crippen LogP contribution is 2.36. The zero-order valence-electron chi connectivity index (χ0n) is 4.90. The van der Waals surface area contributed by atoms with Crippen LogP contribution >= 0.6 is 11.3 Å². The lowest BCUT2D eigenvalue weighted by molar-refractivity contribution is -0.375. The van der Waals surface area contributed by atoms with Crippen molar-refractivity contribution < 1.29 is 4.92 Å². The molecule has 50 valence electrons. The molecule has 0 saturated carbocycles. The molecule has 10 heavy (non-hydrogen) atoms. The van der Waals surface area contributed by atoms with Crippen molar-refractivity contribution in [2.45, 2.75) is 0 Å². The maximum atomic E-state index is 10.2. The number of rotatable bonds is 1. The Kier molecular flexibility index (Phi) is 0.935. The molecule has 1 aliphatic carbocycles. The molecule has 0 spiro atoms. The van der Waals surface area contributed by atoms with Gasteiger partial charge in [0, 0.05) is 11.0 Å². The third kappa shape index (κ3) is 0.537. The molecule has 0 fully saturated rings. The fourth-order valence-corrected chi connectivity index (χ4v) is 1.75. The molecule has 0 unspecified atom stereocenters. The van der Waals surface area contributed by atoms with E-state index in [0.717, 1.165) is 10.4 Å². The van der Waals surface area contributed by atoms with Crippen molar-refractivity contribution in [1.29, 1.82) is 0 Å². The van der Waals surface area contributed by atoms with Crippen LogP contribution in [0.15, 0.2) is 11.4 Å². The molecule has 0 aromatic carbocycles. The quantitative estimate of drug-likeness (QED) is 0.456. The third-order valence-corrected chi connectivity index (χ3v) is 2.30. The molecule has 0 atom stereocenters. The van der Waals surface area contributed by atoms with Gasteiger partial charge < -0.3 is 0 Å². The van der Waals surface area contributed by atoms with Crippen LogP contribution in [0.1, 0.15) is 10.4 Å². The first-order valence-corrected chi connectivity index (χ1v) is 3.61. The summed E-state index contributed by atoms with van der Waals surface area (Å²) in [4.78, 5) is 10.9. The molecule has 1 aliphatic rings. The molecule has 1 heterocycles. The molecule has 4 heteroatoms. The predicted molar refractivity (Wildman–Crippen MR) is 39.2 cm³/mol. The van der Waals surface area contributed by atoms with E-state index < -0.39 is 0 Å². The largest absolute Gasteiger partial charge is 0.279 e. The SMILES string of the molecule is O=[N+]([O-])C1=Cc2sccc21. The second-order valence-electron chi connectivity index (χ2n) is 1.99. The average molecular weight is 153 g/mol. The molecule has 1 aromatic heterocycles. The zero-order valence-corrected chi connectivity index (χ0v) is 5.72. The highest BCUT2D eigenvalue weighted by atomic mass is 32.1. The Morgan fingerprint density at radius 2 is 2.40 bits per heavy atom. The highest BCUT2D eigenvalue weighted by molar-refractivity contribution is 7.11. The number of fused-ring (bicyclic) bond motifs is 1. The Bertz CT molecular complexity index is 326. The maximum Gasteiger partial charge on any atom is 0.279 e. The van der Waals surface area contributed by atoms with Gasteiger partial charge in [0.25, 0.3) is 5.70 Å². The Balaban J connectivity index is 2.44. The Hall–Kier alpha value is -1.16. The summed E-state index contributed by atoms with van der Waals surface area (Å²) in [5.74, 6) is 0. The van der Waals surface area contributed by atoms with Gasteiger partial charge in [-0.05, 0) is 11.4 Å². The van der Waals surface area contributed by atoms with Crippen LogP contribution in [0.2, 0.25) is 0 Å². The molecule has 2 rings (SSSR count). The molecule has 1 aromatic rings. The van der Waals surface area contributed by atoms with Crippen LogP contribution in [0.25, 0.3) is 11.8 Å². The number of thiophene rings is 1. The van der Waals surface area contributed by atoms with Crippen LogP contribution in [-0.2, 0) is 0 Å². The molecule has 3 nitrogen and oxygen atoms in total. The van der Waals surface area contributed by atoms with Gasteiger partial charge in [0.05, 0.1) is 10.5 Å². The molecule has 0 saturated heterocycles. The summed E-state index contributed by atoms with van der Waals surface area (Å²) in [6, 6.07) is 1.78. The lowest BCUT2D eigenvalue weighted by atomic mass is 10.1. The Labute approximate surface area is 60.8 Å². The second-order valence-corrected chi connectivity index (χ2v) is 2.93. The fraction of sp³-hybridized carbons (Fsp3) is 0. The summed E-state index contributed by atoms with van der Waals surface area (Å²) in [5, 5.41) is 12.0. The van der Waals surface area contributed by atoms with Gasteiger partial charge in [-0.25, -0.2) is 0 Å². The van der Waals surface area contributed by atoms with Crippen molar-refractivity contribution >= 4 is 23.1 Å². The van der Waals surface area contributed by atoms with E-state index in [1.54, 1.807) is 12.1 Å². The number of nitrogens with zero attached hydrogens (tertiary/aromatic N) is 1. The minimum atomic E-state index is -0.352. The van der Waals surface area contributed by atoms with Gasteiger partial charge in [0.2, 0.25) is 0 Å². The lowest BCUT2D eigenvalue weighted by Crippen LogP contribution is -2.03. The van der Waals surface area contributed by atoms with E-state index in [-0.39, 0.29) is 10.6 Å². The van der Waals surface area contributed by atoms with E-state index in [0.29, 0.717) is 0 Å². The van der Waals surface area contributed by atoms with Crippen LogP contribution in [0, 0.1) is 10.1 Å². The first kappa shape index (κ1) is 5.61. The maximum absolute atomic E-state index is 10.2. The Morgan fingerprint density at radius 3 is 3.00 bits per heavy atom. The molecule has 0 N–H and O–H groups in total. The minimum absolute atomic E-state index is 0.247. The molecular formula is C6H3NO2S. The van der Waals surface area contributed by atoms with E-state index >= 15 is 0 Å². The second kappa shape index (κ2) is 1.67. The van der Waals surface area contributed by atoms with Gasteiger partial charge >= 0.3 is 0 Å². The van der Waals surface area contributed by atoms with Gasteiger partial charge in [-0.3, -0.25) is 10.1 Å². The van der Waals surface area contributed by atoms with Crippen LogP contribution in [0.5, 0.6) is 0 Å². The van der Waals surface area contributed by atoms with Crippen molar-refractivity contribution in [3.05, 3.63) is 32.0 Å². The average Bonchev–Trinajstić information content (AvgIpc) is 2.11. The van der Waals surface area contributed by atoms with Crippen molar-refractivity contribution in [1.82, 2.24) is 0 Å². The van der Waals surface area contributed by atoms with Crippen LogP contribution in [0.3, 0.4) is 0 Å².